The number of furan rings is 1. The first-order chi connectivity index (χ1) is 12.4. The van der Waals surface area contributed by atoms with Crippen molar-refractivity contribution in [2.75, 3.05) is 5.32 Å². The van der Waals surface area contributed by atoms with Gasteiger partial charge in [0.1, 0.15) is 11.5 Å². The van der Waals surface area contributed by atoms with Crippen molar-refractivity contribution in [3.8, 4) is 11.3 Å². The summed E-state index contributed by atoms with van der Waals surface area (Å²) >= 11 is 11.9. The molecule has 0 aliphatic heterocycles. The Labute approximate surface area is 159 Å². The molecule has 0 spiro atoms. The highest BCUT2D eigenvalue weighted by molar-refractivity contribution is 6.42. The van der Waals surface area contributed by atoms with Crippen molar-refractivity contribution >= 4 is 40.8 Å². The predicted octanol–water partition coefficient (Wildman–Crippen LogP) is 5.51. The Balaban J connectivity index is 1.91. The third-order valence-electron chi connectivity index (χ3n) is 3.77. The van der Waals surface area contributed by atoms with E-state index < -0.39 is 11.9 Å². The van der Waals surface area contributed by atoms with Gasteiger partial charge in [0, 0.05) is 5.56 Å². The highest BCUT2D eigenvalue weighted by Crippen LogP contribution is 2.31. The molecule has 0 aliphatic carbocycles. The number of carbonyl (C=O) groups is 2. The van der Waals surface area contributed by atoms with Gasteiger partial charge < -0.3 is 14.8 Å². The number of aromatic carboxylic acids is 1. The van der Waals surface area contributed by atoms with E-state index in [-0.39, 0.29) is 11.3 Å². The standard InChI is InChI=1S/C19H13Cl2NO4/c1-10-13(9-17(26-10)11-6-7-14(20)15(21)8-11)18(23)22-16-5-3-2-4-12(16)19(24)25/h2-9H,1H3,(H,22,23)(H,24,25). The summed E-state index contributed by atoms with van der Waals surface area (Å²) in [7, 11) is 0. The third-order valence-corrected chi connectivity index (χ3v) is 4.51. The van der Waals surface area contributed by atoms with E-state index in [4.69, 9.17) is 27.6 Å². The number of hydrogen-bond acceptors (Lipinski definition) is 3. The molecule has 1 aromatic heterocycles. The summed E-state index contributed by atoms with van der Waals surface area (Å²) in [6, 6.07) is 12.8. The molecule has 0 bridgehead atoms. The first kappa shape index (κ1) is 18.0. The Morgan fingerprint density at radius 3 is 2.42 bits per heavy atom. The highest BCUT2D eigenvalue weighted by Gasteiger charge is 2.19. The van der Waals surface area contributed by atoms with E-state index in [0.29, 0.717) is 32.7 Å². The number of carbonyl (C=O) groups excluding carboxylic acids is 1. The van der Waals surface area contributed by atoms with Crippen LogP contribution < -0.4 is 5.32 Å². The fourth-order valence-corrected chi connectivity index (χ4v) is 2.77. The molecule has 0 saturated carbocycles. The number of benzene rings is 2. The zero-order valence-electron chi connectivity index (χ0n) is 13.5. The molecule has 0 atom stereocenters. The molecule has 26 heavy (non-hydrogen) atoms. The number of anilines is 1. The van der Waals surface area contributed by atoms with Gasteiger partial charge >= 0.3 is 5.97 Å². The van der Waals surface area contributed by atoms with Gasteiger partial charge in [0.15, 0.2) is 0 Å². The Morgan fingerprint density at radius 2 is 1.73 bits per heavy atom. The monoisotopic (exact) mass is 389 g/mol. The summed E-state index contributed by atoms with van der Waals surface area (Å²) in [4.78, 5) is 23.8. The second-order valence-electron chi connectivity index (χ2n) is 5.51. The number of aryl methyl sites for hydroxylation is 1. The van der Waals surface area contributed by atoms with E-state index in [1.54, 1.807) is 43.3 Å². The van der Waals surface area contributed by atoms with E-state index in [2.05, 4.69) is 5.32 Å². The van der Waals surface area contributed by atoms with E-state index in [9.17, 15) is 14.7 Å². The second kappa shape index (κ2) is 7.23. The average Bonchev–Trinajstić information content (AvgIpc) is 2.99. The molecular formula is C19H13Cl2NO4. The predicted molar refractivity (Wildman–Crippen MR) is 100 cm³/mol. The molecular weight excluding hydrogens is 377 g/mol. The molecule has 1 heterocycles. The quantitative estimate of drug-likeness (QED) is 0.616. The molecule has 0 aliphatic rings. The van der Waals surface area contributed by atoms with E-state index >= 15 is 0 Å². The van der Waals surface area contributed by atoms with E-state index in [1.165, 1.54) is 12.1 Å². The smallest absolute Gasteiger partial charge is 0.337 e. The Morgan fingerprint density at radius 1 is 1.00 bits per heavy atom. The molecule has 0 fully saturated rings. The van der Waals surface area contributed by atoms with Crippen LogP contribution in [-0.4, -0.2) is 17.0 Å². The molecule has 3 aromatic rings. The van der Waals surface area contributed by atoms with Crippen molar-refractivity contribution in [1.29, 1.82) is 0 Å². The summed E-state index contributed by atoms with van der Waals surface area (Å²) in [6.45, 7) is 1.65. The Bertz CT molecular complexity index is 1010. The first-order valence-electron chi connectivity index (χ1n) is 7.56. The van der Waals surface area contributed by atoms with Crippen LogP contribution >= 0.6 is 23.2 Å². The van der Waals surface area contributed by atoms with Gasteiger partial charge in [0.05, 0.1) is 26.9 Å². The van der Waals surface area contributed by atoms with Gasteiger partial charge in [-0.25, -0.2) is 4.79 Å². The number of carboxylic acids is 1. The van der Waals surface area contributed by atoms with Crippen LogP contribution in [0.2, 0.25) is 10.0 Å². The maximum absolute atomic E-state index is 12.6. The van der Waals surface area contributed by atoms with Crippen LogP contribution in [0, 0.1) is 6.92 Å². The molecule has 7 heteroatoms. The highest BCUT2D eigenvalue weighted by atomic mass is 35.5. The zero-order valence-corrected chi connectivity index (χ0v) is 15.1. The molecule has 0 saturated heterocycles. The Hall–Kier alpha value is -2.76. The second-order valence-corrected chi connectivity index (χ2v) is 6.33. The lowest BCUT2D eigenvalue weighted by molar-refractivity contribution is 0.0698. The molecule has 3 rings (SSSR count). The molecule has 2 N–H and O–H groups in total. The average molecular weight is 390 g/mol. The number of para-hydroxylation sites is 1. The molecule has 1 amide bonds. The number of halogens is 2. The van der Waals surface area contributed by atoms with Crippen molar-refractivity contribution in [2.45, 2.75) is 6.92 Å². The number of amides is 1. The Kier molecular flexibility index (Phi) is 5.02. The topological polar surface area (TPSA) is 79.5 Å². The van der Waals surface area contributed by atoms with Gasteiger partial charge in [-0.15, -0.1) is 0 Å². The summed E-state index contributed by atoms with van der Waals surface area (Å²) in [5.41, 5.74) is 1.19. The van der Waals surface area contributed by atoms with E-state index in [1.807, 2.05) is 0 Å². The van der Waals surface area contributed by atoms with Crippen molar-refractivity contribution in [3.05, 3.63) is 75.5 Å². The third kappa shape index (κ3) is 3.59. The summed E-state index contributed by atoms with van der Waals surface area (Å²) < 4.78 is 5.65. The van der Waals surface area contributed by atoms with Crippen molar-refractivity contribution in [1.82, 2.24) is 0 Å². The van der Waals surface area contributed by atoms with Crippen molar-refractivity contribution < 1.29 is 19.1 Å². The maximum atomic E-state index is 12.6. The number of nitrogens with one attached hydrogen (secondary N) is 1. The van der Waals surface area contributed by atoms with Crippen LogP contribution in [0.1, 0.15) is 26.5 Å². The summed E-state index contributed by atoms with van der Waals surface area (Å²) in [5.74, 6) is -0.735. The van der Waals surface area contributed by atoms with Crippen LogP contribution in [0.5, 0.6) is 0 Å². The minimum atomic E-state index is -1.12. The molecule has 5 nitrogen and oxygen atoms in total. The maximum Gasteiger partial charge on any atom is 0.337 e. The normalized spacial score (nSPS) is 10.6. The van der Waals surface area contributed by atoms with Gasteiger partial charge in [-0.2, -0.15) is 0 Å². The molecule has 2 aromatic carbocycles. The van der Waals surface area contributed by atoms with Crippen LogP contribution in [0.3, 0.4) is 0 Å². The molecule has 132 valence electrons. The largest absolute Gasteiger partial charge is 0.478 e. The number of rotatable bonds is 4. The van der Waals surface area contributed by atoms with Crippen molar-refractivity contribution in [2.24, 2.45) is 0 Å². The fourth-order valence-electron chi connectivity index (χ4n) is 2.47. The zero-order chi connectivity index (χ0) is 18.8. The lowest BCUT2D eigenvalue weighted by Crippen LogP contribution is -2.14. The van der Waals surface area contributed by atoms with Gasteiger partial charge in [-0.05, 0) is 43.3 Å². The van der Waals surface area contributed by atoms with Gasteiger partial charge in [-0.1, -0.05) is 35.3 Å². The number of hydrogen-bond donors (Lipinski definition) is 2. The van der Waals surface area contributed by atoms with Gasteiger partial charge in [-0.3, -0.25) is 4.79 Å². The lowest BCUT2D eigenvalue weighted by Gasteiger charge is -2.07. The fraction of sp³-hybridized carbons (Fsp3) is 0.0526. The van der Waals surface area contributed by atoms with Crippen LogP contribution in [0.4, 0.5) is 5.69 Å². The first-order valence-corrected chi connectivity index (χ1v) is 8.32. The van der Waals surface area contributed by atoms with E-state index in [0.717, 1.165) is 0 Å². The van der Waals surface area contributed by atoms with Gasteiger partial charge in [0.25, 0.3) is 5.91 Å². The number of carboxylic acid groups (broad SMARTS) is 1. The van der Waals surface area contributed by atoms with Crippen LogP contribution in [0.15, 0.2) is 52.9 Å². The summed E-state index contributed by atoms with van der Waals surface area (Å²) in [6.07, 6.45) is 0. The molecule has 0 radical (unpaired) electrons. The van der Waals surface area contributed by atoms with Crippen LogP contribution in [0.25, 0.3) is 11.3 Å². The minimum absolute atomic E-state index is 0.00621. The van der Waals surface area contributed by atoms with Crippen LogP contribution in [-0.2, 0) is 0 Å². The summed E-state index contributed by atoms with van der Waals surface area (Å²) in [5, 5.41) is 12.6. The minimum Gasteiger partial charge on any atom is -0.478 e. The SMILES string of the molecule is Cc1oc(-c2ccc(Cl)c(Cl)c2)cc1C(=O)Nc1ccccc1C(=O)O. The molecule has 0 unspecified atom stereocenters. The van der Waals surface area contributed by atoms with Crippen molar-refractivity contribution in [3.63, 3.8) is 0 Å². The lowest BCUT2D eigenvalue weighted by atomic mass is 10.1. The van der Waals surface area contributed by atoms with Gasteiger partial charge in [0.2, 0.25) is 0 Å².